The summed E-state index contributed by atoms with van der Waals surface area (Å²) < 4.78 is 7.66. The summed E-state index contributed by atoms with van der Waals surface area (Å²) >= 11 is 0. The highest BCUT2D eigenvalue weighted by atomic mass is 16.5. The van der Waals surface area contributed by atoms with E-state index in [1.54, 1.807) is 6.20 Å². The third-order valence-corrected chi connectivity index (χ3v) is 5.36. The molecule has 2 aliphatic heterocycles. The number of carbonyl (C=O) groups excluding carboxylic acids is 1. The van der Waals surface area contributed by atoms with Crippen molar-refractivity contribution in [2.24, 2.45) is 7.05 Å². The minimum Gasteiger partial charge on any atom is -0.376 e. The topological polar surface area (TPSA) is 60.2 Å². The number of piperidine rings is 1. The molecule has 0 aromatic carbocycles. The van der Waals surface area contributed by atoms with Crippen LogP contribution in [0.3, 0.4) is 0 Å². The largest absolute Gasteiger partial charge is 0.376 e. The highest BCUT2D eigenvalue weighted by Crippen LogP contribution is 2.33. The number of aromatic nitrogens is 3. The Morgan fingerprint density at radius 2 is 2.08 bits per heavy atom. The normalized spacial score (nSPS) is 18.2. The first-order chi connectivity index (χ1) is 12.1. The number of rotatable bonds is 2. The minimum atomic E-state index is 0.0809. The van der Waals surface area contributed by atoms with Crippen LogP contribution in [0.1, 0.15) is 51.8 Å². The van der Waals surface area contributed by atoms with E-state index in [1.165, 1.54) is 17.0 Å². The van der Waals surface area contributed by atoms with Crippen LogP contribution in [0.5, 0.6) is 0 Å². The Balaban J connectivity index is 1.45. The Bertz CT molecular complexity index is 773. The van der Waals surface area contributed by atoms with Gasteiger partial charge in [0, 0.05) is 55.6 Å². The highest BCUT2D eigenvalue weighted by Gasteiger charge is 2.30. The lowest BCUT2D eigenvalue weighted by atomic mass is 9.90. The van der Waals surface area contributed by atoms with E-state index in [2.05, 4.69) is 4.98 Å². The lowest BCUT2D eigenvalue weighted by Crippen LogP contribution is -2.38. The van der Waals surface area contributed by atoms with E-state index in [0.29, 0.717) is 18.1 Å². The molecule has 0 aliphatic carbocycles. The van der Waals surface area contributed by atoms with Gasteiger partial charge < -0.3 is 9.64 Å². The number of amides is 1. The van der Waals surface area contributed by atoms with E-state index in [1.807, 2.05) is 35.7 Å². The van der Waals surface area contributed by atoms with Crippen molar-refractivity contribution >= 4 is 5.91 Å². The first kappa shape index (κ1) is 16.3. The van der Waals surface area contributed by atoms with E-state index in [4.69, 9.17) is 9.84 Å². The number of hydrogen-bond donors (Lipinski definition) is 0. The van der Waals surface area contributed by atoms with Crippen molar-refractivity contribution in [1.82, 2.24) is 19.7 Å². The number of likely N-dealkylation sites (tertiary alicyclic amines) is 1. The number of hydrogen-bond acceptors (Lipinski definition) is 4. The molecule has 6 heteroatoms. The smallest absolute Gasteiger partial charge is 0.255 e. The number of pyridine rings is 1. The van der Waals surface area contributed by atoms with Crippen LogP contribution in [0.2, 0.25) is 0 Å². The van der Waals surface area contributed by atoms with Crippen molar-refractivity contribution in [3.05, 3.63) is 46.5 Å². The number of carbonyl (C=O) groups is 1. The van der Waals surface area contributed by atoms with E-state index >= 15 is 0 Å². The summed E-state index contributed by atoms with van der Waals surface area (Å²) in [5.74, 6) is 0.495. The van der Waals surface area contributed by atoms with Gasteiger partial charge in [0.15, 0.2) is 0 Å². The van der Waals surface area contributed by atoms with Crippen LogP contribution in [-0.4, -0.2) is 45.3 Å². The van der Waals surface area contributed by atoms with Crippen molar-refractivity contribution in [2.45, 2.75) is 38.7 Å². The van der Waals surface area contributed by atoms with Gasteiger partial charge in [0.2, 0.25) is 0 Å². The van der Waals surface area contributed by atoms with Crippen LogP contribution in [0.25, 0.3) is 0 Å². The molecule has 4 rings (SSSR count). The van der Waals surface area contributed by atoms with Gasteiger partial charge in [0.25, 0.3) is 5.91 Å². The number of aryl methyl sites for hydroxylation is 2. The average Bonchev–Trinajstić information content (AvgIpc) is 2.99. The fraction of sp³-hybridized carbons (Fsp3) is 0.526. The Kier molecular flexibility index (Phi) is 4.29. The van der Waals surface area contributed by atoms with Gasteiger partial charge in [-0.05, 0) is 31.9 Å². The maximum atomic E-state index is 12.6. The third kappa shape index (κ3) is 3.06. The third-order valence-electron chi connectivity index (χ3n) is 5.36. The van der Waals surface area contributed by atoms with Crippen LogP contribution in [0.4, 0.5) is 0 Å². The van der Waals surface area contributed by atoms with Crippen LogP contribution >= 0.6 is 0 Å². The molecular weight excluding hydrogens is 316 g/mol. The zero-order valence-corrected chi connectivity index (χ0v) is 14.9. The number of nitrogens with zero attached hydrogens (tertiary/aromatic N) is 4. The van der Waals surface area contributed by atoms with Gasteiger partial charge in [-0.1, -0.05) is 0 Å². The van der Waals surface area contributed by atoms with Crippen molar-refractivity contribution in [2.75, 3.05) is 19.7 Å². The molecule has 2 aromatic rings. The summed E-state index contributed by atoms with van der Waals surface area (Å²) in [6, 6.07) is 3.75. The van der Waals surface area contributed by atoms with Gasteiger partial charge in [-0.3, -0.25) is 14.5 Å². The first-order valence-electron chi connectivity index (χ1n) is 8.98. The second-order valence-electron chi connectivity index (χ2n) is 6.99. The molecule has 0 N–H and O–H groups in total. The Morgan fingerprint density at radius 1 is 1.28 bits per heavy atom. The van der Waals surface area contributed by atoms with Gasteiger partial charge >= 0.3 is 0 Å². The molecule has 0 bridgehead atoms. The fourth-order valence-electron chi connectivity index (χ4n) is 3.90. The van der Waals surface area contributed by atoms with Crippen molar-refractivity contribution in [1.29, 1.82) is 0 Å². The average molecular weight is 340 g/mol. The lowest BCUT2D eigenvalue weighted by Gasteiger charge is -2.32. The molecule has 132 valence electrons. The lowest BCUT2D eigenvalue weighted by molar-refractivity contribution is 0.0709. The van der Waals surface area contributed by atoms with E-state index < -0.39 is 0 Å². The van der Waals surface area contributed by atoms with Crippen LogP contribution < -0.4 is 0 Å². The van der Waals surface area contributed by atoms with E-state index in [0.717, 1.165) is 44.7 Å². The maximum Gasteiger partial charge on any atom is 0.255 e. The van der Waals surface area contributed by atoms with Crippen LogP contribution in [0.15, 0.2) is 18.3 Å². The molecule has 2 aromatic heterocycles. The summed E-state index contributed by atoms with van der Waals surface area (Å²) in [6.45, 7) is 4.92. The monoisotopic (exact) mass is 340 g/mol. The van der Waals surface area contributed by atoms with Gasteiger partial charge in [0.1, 0.15) is 0 Å². The predicted molar refractivity (Wildman–Crippen MR) is 93.4 cm³/mol. The Hall–Kier alpha value is -2.21. The van der Waals surface area contributed by atoms with E-state index in [9.17, 15) is 4.79 Å². The standard InChI is InChI=1S/C19H24N4O2/c1-13-3-4-15(11-20-13)19(24)23-8-5-14(6-9-23)18-16-12-25-10-7-17(16)22(2)21-18/h3-4,11,14H,5-10,12H2,1-2H3. The van der Waals surface area contributed by atoms with Crippen molar-refractivity contribution < 1.29 is 9.53 Å². The molecular formula is C19H24N4O2. The molecule has 1 saturated heterocycles. The van der Waals surface area contributed by atoms with Gasteiger partial charge in [-0.15, -0.1) is 0 Å². The SMILES string of the molecule is Cc1ccc(C(=O)N2CCC(c3nn(C)c4c3COCC4)CC2)cn1. The molecule has 0 spiro atoms. The highest BCUT2D eigenvalue weighted by molar-refractivity contribution is 5.94. The Morgan fingerprint density at radius 3 is 2.80 bits per heavy atom. The zero-order chi connectivity index (χ0) is 17.4. The fourth-order valence-corrected chi connectivity index (χ4v) is 3.90. The number of fused-ring (bicyclic) bond motifs is 1. The minimum absolute atomic E-state index is 0.0809. The quantitative estimate of drug-likeness (QED) is 0.841. The molecule has 0 saturated carbocycles. The molecule has 6 nitrogen and oxygen atoms in total. The summed E-state index contributed by atoms with van der Waals surface area (Å²) in [7, 11) is 2.02. The second-order valence-corrected chi connectivity index (χ2v) is 6.99. The Labute approximate surface area is 147 Å². The molecule has 25 heavy (non-hydrogen) atoms. The van der Waals surface area contributed by atoms with Gasteiger partial charge in [0.05, 0.1) is 24.5 Å². The van der Waals surface area contributed by atoms with Crippen LogP contribution in [-0.2, 0) is 24.8 Å². The molecule has 0 unspecified atom stereocenters. The van der Waals surface area contributed by atoms with Crippen LogP contribution in [0, 0.1) is 6.92 Å². The van der Waals surface area contributed by atoms with Crippen molar-refractivity contribution in [3.8, 4) is 0 Å². The molecule has 4 heterocycles. The maximum absolute atomic E-state index is 12.6. The predicted octanol–water partition coefficient (Wildman–Crippen LogP) is 2.22. The zero-order valence-electron chi connectivity index (χ0n) is 14.9. The van der Waals surface area contributed by atoms with Crippen molar-refractivity contribution in [3.63, 3.8) is 0 Å². The first-order valence-corrected chi connectivity index (χ1v) is 8.98. The molecule has 1 amide bonds. The van der Waals surface area contributed by atoms with E-state index in [-0.39, 0.29) is 5.91 Å². The number of ether oxygens (including phenoxy) is 1. The molecule has 0 radical (unpaired) electrons. The summed E-state index contributed by atoms with van der Waals surface area (Å²) in [6.07, 6.45) is 4.52. The summed E-state index contributed by atoms with van der Waals surface area (Å²) in [5.41, 5.74) is 5.37. The van der Waals surface area contributed by atoms with Gasteiger partial charge in [-0.25, -0.2) is 0 Å². The molecule has 1 fully saturated rings. The molecule has 0 atom stereocenters. The summed E-state index contributed by atoms with van der Waals surface area (Å²) in [4.78, 5) is 18.8. The van der Waals surface area contributed by atoms with Gasteiger partial charge in [-0.2, -0.15) is 5.10 Å². The second kappa shape index (κ2) is 6.59. The summed E-state index contributed by atoms with van der Waals surface area (Å²) in [5, 5.41) is 4.78. The molecule has 2 aliphatic rings.